The van der Waals surface area contributed by atoms with Crippen molar-refractivity contribution in [2.24, 2.45) is 0 Å². The van der Waals surface area contributed by atoms with E-state index < -0.39 is 0 Å². The maximum Gasteiger partial charge on any atom is 0.232 e. The summed E-state index contributed by atoms with van der Waals surface area (Å²) in [6.45, 7) is 3.58. The summed E-state index contributed by atoms with van der Waals surface area (Å²) in [7, 11) is 0. The number of aryl methyl sites for hydroxylation is 1. The second-order valence-corrected chi connectivity index (χ2v) is 3.86. The van der Waals surface area contributed by atoms with E-state index in [0.717, 1.165) is 11.4 Å². The lowest BCUT2D eigenvalue weighted by molar-refractivity contribution is -0.114. The van der Waals surface area contributed by atoms with Crippen molar-refractivity contribution in [3.63, 3.8) is 0 Å². The molecule has 1 heterocycles. The molecule has 5 nitrogen and oxygen atoms in total. The van der Waals surface area contributed by atoms with Crippen LogP contribution < -0.4 is 10.1 Å². The van der Waals surface area contributed by atoms with Gasteiger partial charge in [-0.15, -0.1) is 0 Å². The minimum absolute atomic E-state index is 0.0982. The van der Waals surface area contributed by atoms with E-state index in [-0.39, 0.29) is 12.5 Å². The number of ether oxygens (including phenoxy) is 1. The molecule has 0 fully saturated rings. The lowest BCUT2D eigenvalue weighted by Gasteiger charge is -2.05. The number of hydrogen-bond acceptors (Lipinski definition) is 4. The monoisotopic (exact) mass is 246 g/mol. The molecule has 0 atom stereocenters. The maximum atomic E-state index is 10.8. The largest absolute Gasteiger partial charge is 0.484 e. The van der Waals surface area contributed by atoms with Gasteiger partial charge in [0.2, 0.25) is 11.8 Å². The van der Waals surface area contributed by atoms with Crippen LogP contribution >= 0.6 is 0 Å². The third kappa shape index (κ3) is 3.35. The number of oxazole rings is 1. The van der Waals surface area contributed by atoms with E-state index in [4.69, 9.17) is 9.15 Å². The average molecular weight is 246 g/mol. The normalized spacial score (nSPS) is 10.1. The number of nitrogens with zero attached hydrogens (tertiary/aromatic N) is 1. The van der Waals surface area contributed by atoms with E-state index in [1.165, 1.54) is 6.92 Å². The molecule has 0 spiro atoms. The highest BCUT2D eigenvalue weighted by Gasteiger charge is 2.02. The molecule has 2 aromatic rings. The number of amides is 1. The summed E-state index contributed by atoms with van der Waals surface area (Å²) in [5.74, 6) is 1.90. The molecule has 5 heteroatoms. The quantitative estimate of drug-likeness (QED) is 0.900. The van der Waals surface area contributed by atoms with Gasteiger partial charge in [0.25, 0.3) is 0 Å². The van der Waals surface area contributed by atoms with Gasteiger partial charge < -0.3 is 14.5 Å². The Labute approximate surface area is 105 Å². The molecule has 0 bridgehead atoms. The summed E-state index contributed by atoms with van der Waals surface area (Å²) in [4.78, 5) is 14.9. The standard InChI is InChI=1S/C13H14N2O3/c1-9-7-14-13(18-9)8-17-12-5-3-11(4-6-12)15-10(2)16/h3-7H,8H2,1-2H3,(H,15,16). The fourth-order valence-electron chi connectivity index (χ4n) is 1.45. The molecule has 94 valence electrons. The van der Waals surface area contributed by atoms with E-state index in [1.807, 2.05) is 6.92 Å². The smallest absolute Gasteiger partial charge is 0.232 e. The molecule has 1 amide bonds. The average Bonchev–Trinajstić information content (AvgIpc) is 2.74. The Bertz CT molecular complexity index is 531. The van der Waals surface area contributed by atoms with Crippen LogP contribution in [-0.2, 0) is 11.4 Å². The molecule has 1 aromatic heterocycles. The molecule has 0 unspecified atom stereocenters. The van der Waals surface area contributed by atoms with E-state index in [1.54, 1.807) is 30.5 Å². The Morgan fingerprint density at radius 1 is 1.39 bits per heavy atom. The van der Waals surface area contributed by atoms with Crippen LogP contribution in [0.3, 0.4) is 0 Å². The van der Waals surface area contributed by atoms with Crippen LogP contribution in [0.1, 0.15) is 18.6 Å². The Balaban J connectivity index is 1.92. The van der Waals surface area contributed by atoms with Crippen molar-refractivity contribution in [3.05, 3.63) is 42.1 Å². The van der Waals surface area contributed by atoms with E-state index in [2.05, 4.69) is 10.3 Å². The number of aromatic nitrogens is 1. The third-order valence-electron chi connectivity index (χ3n) is 2.21. The molecule has 0 aliphatic carbocycles. The molecule has 0 saturated carbocycles. The van der Waals surface area contributed by atoms with Gasteiger partial charge in [-0.2, -0.15) is 0 Å². The predicted molar refractivity (Wildman–Crippen MR) is 66.3 cm³/mol. The molecule has 0 saturated heterocycles. The van der Waals surface area contributed by atoms with Crippen molar-refractivity contribution in [2.75, 3.05) is 5.32 Å². The first kappa shape index (κ1) is 12.2. The minimum Gasteiger partial charge on any atom is -0.484 e. The van der Waals surface area contributed by atoms with E-state index in [9.17, 15) is 4.79 Å². The number of carbonyl (C=O) groups is 1. The van der Waals surface area contributed by atoms with Crippen molar-refractivity contribution < 1.29 is 13.9 Å². The highest BCUT2D eigenvalue weighted by molar-refractivity contribution is 5.88. The van der Waals surface area contributed by atoms with Gasteiger partial charge in [0.05, 0.1) is 6.20 Å². The minimum atomic E-state index is -0.0982. The van der Waals surface area contributed by atoms with Crippen molar-refractivity contribution in [1.29, 1.82) is 0 Å². The van der Waals surface area contributed by atoms with Gasteiger partial charge in [-0.25, -0.2) is 4.98 Å². The maximum absolute atomic E-state index is 10.8. The Morgan fingerprint density at radius 2 is 2.11 bits per heavy atom. The zero-order chi connectivity index (χ0) is 13.0. The van der Waals surface area contributed by atoms with Gasteiger partial charge in [0, 0.05) is 12.6 Å². The number of nitrogens with one attached hydrogen (secondary N) is 1. The van der Waals surface area contributed by atoms with Gasteiger partial charge in [0.15, 0.2) is 6.61 Å². The number of benzene rings is 1. The van der Waals surface area contributed by atoms with Crippen LogP contribution in [0.4, 0.5) is 5.69 Å². The first-order valence-corrected chi connectivity index (χ1v) is 5.55. The fourth-order valence-corrected chi connectivity index (χ4v) is 1.45. The topological polar surface area (TPSA) is 64.4 Å². The summed E-state index contributed by atoms with van der Waals surface area (Å²) >= 11 is 0. The van der Waals surface area contributed by atoms with Crippen LogP contribution in [-0.4, -0.2) is 10.9 Å². The summed E-state index contributed by atoms with van der Waals surface area (Å²) in [6, 6.07) is 7.11. The van der Waals surface area contributed by atoms with Crippen molar-refractivity contribution in [2.45, 2.75) is 20.5 Å². The second kappa shape index (κ2) is 5.35. The highest BCUT2D eigenvalue weighted by Crippen LogP contribution is 2.17. The first-order chi connectivity index (χ1) is 8.63. The number of carbonyl (C=O) groups excluding carboxylic acids is 1. The summed E-state index contributed by atoms with van der Waals surface area (Å²) < 4.78 is 10.8. The Hall–Kier alpha value is -2.30. The van der Waals surface area contributed by atoms with Crippen molar-refractivity contribution in [1.82, 2.24) is 4.98 Å². The fraction of sp³-hybridized carbons (Fsp3) is 0.231. The number of rotatable bonds is 4. The SMILES string of the molecule is CC(=O)Nc1ccc(OCc2ncc(C)o2)cc1. The molecule has 1 N–H and O–H groups in total. The van der Waals surface area contributed by atoms with E-state index >= 15 is 0 Å². The van der Waals surface area contributed by atoms with Crippen LogP contribution in [0.2, 0.25) is 0 Å². The van der Waals surface area contributed by atoms with Crippen molar-refractivity contribution >= 4 is 11.6 Å². The predicted octanol–water partition coefficient (Wildman–Crippen LogP) is 2.52. The number of hydrogen-bond donors (Lipinski definition) is 1. The van der Waals surface area contributed by atoms with Gasteiger partial charge in [-0.1, -0.05) is 0 Å². The van der Waals surface area contributed by atoms with Crippen LogP contribution in [0.25, 0.3) is 0 Å². The van der Waals surface area contributed by atoms with Gasteiger partial charge in [-0.3, -0.25) is 4.79 Å². The molecule has 2 rings (SSSR count). The lowest BCUT2D eigenvalue weighted by Crippen LogP contribution is -2.05. The molecular formula is C13H14N2O3. The second-order valence-electron chi connectivity index (χ2n) is 3.86. The highest BCUT2D eigenvalue weighted by atomic mass is 16.5. The molecular weight excluding hydrogens is 232 g/mol. The van der Waals surface area contributed by atoms with E-state index in [0.29, 0.717) is 11.6 Å². The third-order valence-corrected chi connectivity index (χ3v) is 2.21. The van der Waals surface area contributed by atoms with Crippen molar-refractivity contribution in [3.8, 4) is 5.75 Å². The lowest BCUT2D eigenvalue weighted by atomic mass is 10.3. The summed E-state index contributed by atoms with van der Waals surface area (Å²) in [5.41, 5.74) is 0.738. The first-order valence-electron chi connectivity index (χ1n) is 5.55. The van der Waals surface area contributed by atoms with Gasteiger partial charge in [-0.05, 0) is 31.2 Å². The van der Waals surface area contributed by atoms with Crippen LogP contribution in [0.15, 0.2) is 34.9 Å². The number of anilines is 1. The van der Waals surface area contributed by atoms with Crippen LogP contribution in [0.5, 0.6) is 5.75 Å². The zero-order valence-corrected chi connectivity index (χ0v) is 10.3. The zero-order valence-electron chi connectivity index (χ0n) is 10.3. The molecule has 0 radical (unpaired) electrons. The molecule has 1 aromatic carbocycles. The van der Waals surface area contributed by atoms with Gasteiger partial charge >= 0.3 is 0 Å². The summed E-state index contributed by atoms with van der Waals surface area (Å²) in [6.07, 6.45) is 1.65. The summed E-state index contributed by atoms with van der Waals surface area (Å²) in [5, 5.41) is 2.68. The Kier molecular flexibility index (Phi) is 3.62. The molecule has 0 aliphatic heterocycles. The van der Waals surface area contributed by atoms with Gasteiger partial charge in [0.1, 0.15) is 11.5 Å². The Morgan fingerprint density at radius 3 is 2.67 bits per heavy atom. The molecule has 0 aliphatic rings. The molecule has 18 heavy (non-hydrogen) atoms. The van der Waals surface area contributed by atoms with Crippen LogP contribution in [0, 0.1) is 6.92 Å².